The number of nitrogens with one attached hydrogen (secondary N) is 1. The molecule has 0 saturated carbocycles. The highest BCUT2D eigenvalue weighted by atomic mass is 79.9. The number of rotatable bonds is 4. The Morgan fingerprint density at radius 2 is 1.57 bits per heavy atom. The Hall–Kier alpha value is -1.62. The molecule has 3 aromatic rings. The van der Waals surface area contributed by atoms with E-state index >= 15 is 0 Å². The number of allylic oxidation sites excluding steroid dienone is 1. The molecule has 0 aromatic heterocycles. The maximum atomic E-state index is 6.52. The summed E-state index contributed by atoms with van der Waals surface area (Å²) in [5.74, 6) is 0. The lowest BCUT2D eigenvalue weighted by atomic mass is 10.1. The Morgan fingerprint density at radius 3 is 2.27 bits per heavy atom. The van der Waals surface area contributed by atoms with Crippen molar-refractivity contribution in [2.24, 2.45) is 0 Å². The predicted molar refractivity (Wildman–Crippen MR) is 133 cm³/mol. The molecule has 0 saturated heterocycles. The van der Waals surface area contributed by atoms with Crippen LogP contribution in [0, 0.1) is 0 Å². The molecule has 2 nitrogen and oxygen atoms in total. The van der Waals surface area contributed by atoms with E-state index in [2.05, 4.69) is 32.4 Å². The molecule has 1 aliphatic rings. The molecular weight excluding hydrogens is 526 g/mol. The second kappa shape index (κ2) is 9.25. The van der Waals surface area contributed by atoms with Crippen molar-refractivity contribution in [3.8, 4) is 0 Å². The molecule has 1 unspecified atom stereocenters. The summed E-state index contributed by atoms with van der Waals surface area (Å²) in [6.45, 7) is 0. The van der Waals surface area contributed by atoms with E-state index in [1.165, 1.54) is 0 Å². The van der Waals surface area contributed by atoms with E-state index in [0.29, 0.717) is 20.1 Å². The molecule has 7 heteroatoms. The molecule has 0 spiro atoms. The number of nitrogens with zero attached hydrogens (tertiary/aromatic N) is 1. The lowest BCUT2D eigenvalue weighted by Crippen LogP contribution is -2.34. The Labute approximate surface area is 203 Å². The fraction of sp³-hybridized carbons (Fsp3) is 0.0435. The van der Waals surface area contributed by atoms with Crippen molar-refractivity contribution in [3.05, 3.63) is 114 Å². The van der Waals surface area contributed by atoms with Gasteiger partial charge in [0.05, 0.1) is 17.4 Å². The number of hydrogen-bond acceptors (Lipinski definition) is 2. The van der Waals surface area contributed by atoms with Crippen molar-refractivity contribution in [2.45, 2.75) is 6.04 Å². The first kappa shape index (κ1) is 21.6. The summed E-state index contributed by atoms with van der Waals surface area (Å²) in [5, 5.41) is 4.47. The quantitative estimate of drug-likeness (QED) is 0.356. The molecule has 0 amide bonds. The summed E-state index contributed by atoms with van der Waals surface area (Å²) in [5.41, 5.74) is 7.18. The third-order valence-electron chi connectivity index (χ3n) is 4.64. The highest BCUT2D eigenvalue weighted by Gasteiger charge is 2.27. The molecular formula is C23H15BrCl4N2. The fourth-order valence-corrected chi connectivity index (χ4v) is 4.60. The Morgan fingerprint density at radius 1 is 0.833 bits per heavy atom. The molecule has 1 aliphatic heterocycles. The van der Waals surface area contributed by atoms with Gasteiger partial charge in [-0.2, -0.15) is 0 Å². The minimum Gasteiger partial charge on any atom is -0.298 e. The molecule has 0 bridgehead atoms. The van der Waals surface area contributed by atoms with Gasteiger partial charge in [0.25, 0.3) is 0 Å². The molecule has 30 heavy (non-hydrogen) atoms. The molecule has 1 atom stereocenters. The molecule has 4 rings (SSSR count). The summed E-state index contributed by atoms with van der Waals surface area (Å²) in [7, 11) is 0. The fourth-order valence-electron chi connectivity index (χ4n) is 3.22. The maximum absolute atomic E-state index is 6.52. The van der Waals surface area contributed by atoms with Crippen LogP contribution in [0.15, 0.2) is 83.0 Å². The summed E-state index contributed by atoms with van der Waals surface area (Å²) in [6, 6.07) is 18.9. The van der Waals surface area contributed by atoms with Crippen LogP contribution >= 0.6 is 62.3 Å². The summed E-state index contributed by atoms with van der Waals surface area (Å²) < 4.78 is 0.986. The van der Waals surface area contributed by atoms with Gasteiger partial charge in [0.15, 0.2) is 0 Å². The monoisotopic (exact) mass is 538 g/mol. The van der Waals surface area contributed by atoms with Crippen LogP contribution in [0.5, 0.6) is 0 Å². The lowest BCUT2D eigenvalue weighted by Gasteiger charge is -2.28. The largest absolute Gasteiger partial charge is 0.298 e. The van der Waals surface area contributed by atoms with Crippen LogP contribution in [0.3, 0.4) is 0 Å². The first-order valence-electron chi connectivity index (χ1n) is 9.02. The van der Waals surface area contributed by atoms with Crippen LogP contribution in [-0.4, -0.2) is 0 Å². The van der Waals surface area contributed by atoms with Crippen LogP contribution in [0.25, 0.3) is 6.08 Å². The molecule has 0 fully saturated rings. The van der Waals surface area contributed by atoms with Gasteiger partial charge in [-0.1, -0.05) is 86.6 Å². The summed E-state index contributed by atoms with van der Waals surface area (Å²) >= 11 is 28.5. The van der Waals surface area contributed by atoms with Crippen molar-refractivity contribution in [1.29, 1.82) is 0 Å². The first-order chi connectivity index (χ1) is 14.4. The van der Waals surface area contributed by atoms with E-state index in [-0.39, 0.29) is 6.04 Å². The van der Waals surface area contributed by atoms with Crippen molar-refractivity contribution in [1.82, 2.24) is 5.43 Å². The molecule has 3 aromatic carbocycles. The van der Waals surface area contributed by atoms with Gasteiger partial charge in [0, 0.05) is 24.6 Å². The summed E-state index contributed by atoms with van der Waals surface area (Å²) in [6.07, 6.45) is 6.03. The number of anilines is 1. The third-order valence-corrected chi connectivity index (χ3v) is 6.26. The number of hydrazine groups is 1. The van der Waals surface area contributed by atoms with Crippen molar-refractivity contribution >= 4 is 74.1 Å². The minimum absolute atomic E-state index is 0.121. The lowest BCUT2D eigenvalue weighted by molar-refractivity contribution is 0.709. The average molecular weight is 541 g/mol. The zero-order chi connectivity index (χ0) is 21.3. The van der Waals surface area contributed by atoms with Crippen LogP contribution in [0.1, 0.15) is 17.2 Å². The second-order valence-electron chi connectivity index (χ2n) is 6.69. The number of hydrogen-bond donors (Lipinski definition) is 1. The van der Waals surface area contributed by atoms with Crippen LogP contribution < -0.4 is 10.4 Å². The van der Waals surface area contributed by atoms with E-state index < -0.39 is 0 Å². The zero-order valence-electron chi connectivity index (χ0n) is 15.4. The molecule has 1 N–H and O–H groups in total. The average Bonchev–Trinajstić information content (AvgIpc) is 3.11. The van der Waals surface area contributed by atoms with Gasteiger partial charge in [-0.15, -0.1) is 0 Å². The SMILES string of the molecule is Clc1ccc(C=CC2=CC(c3ccc(Cl)cc3Cl)N(c3cccc(Br)c3)N2)c(Cl)c1. The molecule has 152 valence electrons. The van der Waals surface area contributed by atoms with Gasteiger partial charge in [0.1, 0.15) is 0 Å². The maximum Gasteiger partial charge on any atom is 0.0972 e. The van der Waals surface area contributed by atoms with Gasteiger partial charge >= 0.3 is 0 Å². The second-order valence-corrected chi connectivity index (χ2v) is 9.30. The van der Waals surface area contributed by atoms with Gasteiger partial charge in [-0.25, -0.2) is 0 Å². The van der Waals surface area contributed by atoms with E-state index in [1.54, 1.807) is 12.1 Å². The van der Waals surface area contributed by atoms with Crippen molar-refractivity contribution in [3.63, 3.8) is 0 Å². The van der Waals surface area contributed by atoms with Gasteiger partial charge in [-0.3, -0.25) is 10.4 Å². The van der Waals surface area contributed by atoms with Gasteiger partial charge in [0.2, 0.25) is 0 Å². The van der Waals surface area contributed by atoms with Crippen molar-refractivity contribution < 1.29 is 0 Å². The highest BCUT2D eigenvalue weighted by molar-refractivity contribution is 9.10. The molecule has 0 aliphatic carbocycles. The predicted octanol–water partition coefficient (Wildman–Crippen LogP) is 8.73. The standard InChI is InChI=1S/C23H15BrCl4N2/c24-15-2-1-3-19(10-15)30-23(20-9-7-17(26)12-22(20)28)13-18(29-30)8-5-14-4-6-16(25)11-21(14)27/h1-13,23,29H. The zero-order valence-corrected chi connectivity index (χ0v) is 20.0. The first-order valence-corrected chi connectivity index (χ1v) is 11.3. The Balaban J connectivity index is 1.70. The third kappa shape index (κ3) is 4.82. The van der Waals surface area contributed by atoms with Crippen LogP contribution in [0.2, 0.25) is 20.1 Å². The number of benzene rings is 3. The summed E-state index contributed by atoms with van der Waals surface area (Å²) in [4.78, 5) is 0. The number of halogens is 5. The normalized spacial score (nSPS) is 16.1. The van der Waals surface area contributed by atoms with Crippen molar-refractivity contribution in [2.75, 3.05) is 5.01 Å². The van der Waals surface area contributed by atoms with E-state index in [0.717, 1.165) is 27.0 Å². The topological polar surface area (TPSA) is 15.3 Å². The highest BCUT2D eigenvalue weighted by Crippen LogP contribution is 2.37. The van der Waals surface area contributed by atoms with Gasteiger partial charge < -0.3 is 0 Å². The Bertz CT molecular complexity index is 1160. The van der Waals surface area contributed by atoms with E-state index in [9.17, 15) is 0 Å². The van der Waals surface area contributed by atoms with Crippen LogP contribution in [-0.2, 0) is 0 Å². The van der Waals surface area contributed by atoms with E-state index in [4.69, 9.17) is 46.4 Å². The minimum atomic E-state index is -0.121. The Kier molecular flexibility index (Phi) is 6.66. The molecule has 0 radical (unpaired) electrons. The molecule has 1 heterocycles. The smallest absolute Gasteiger partial charge is 0.0972 e. The van der Waals surface area contributed by atoms with Crippen LogP contribution in [0.4, 0.5) is 5.69 Å². The van der Waals surface area contributed by atoms with Gasteiger partial charge in [-0.05, 0) is 65.7 Å². The van der Waals surface area contributed by atoms with E-state index in [1.807, 2.05) is 60.7 Å².